The smallest absolute Gasteiger partial charge is 0.321 e. The molecule has 0 aromatic rings. The van der Waals surface area contributed by atoms with Crippen molar-refractivity contribution < 1.29 is 19.4 Å². The van der Waals surface area contributed by atoms with Crippen molar-refractivity contribution in [1.82, 2.24) is 5.32 Å². The summed E-state index contributed by atoms with van der Waals surface area (Å²) in [5.41, 5.74) is -1.46. The molecule has 2 N–H and O–H groups in total. The molecule has 1 unspecified atom stereocenters. The summed E-state index contributed by atoms with van der Waals surface area (Å²) in [6.07, 6.45) is 4.20. The Balaban J connectivity index is 1.86. The predicted octanol–water partition coefficient (Wildman–Crippen LogP) is 0.782. The van der Waals surface area contributed by atoms with Gasteiger partial charge >= 0.3 is 5.97 Å². The quantitative estimate of drug-likeness (QED) is 0.646. The molecule has 5 nitrogen and oxygen atoms in total. The molecule has 0 spiro atoms. The van der Waals surface area contributed by atoms with Crippen molar-refractivity contribution in [3.05, 3.63) is 0 Å². The van der Waals surface area contributed by atoms with Crippen LogP contribution in [0.3, 0.4) is 0 Å². The van der Waals surface area contributed by atoms with Crippen LogP contribution in [0.5, 0.6) is 0 Å². The maximum absolute atomic E-state index is 11.9. The van der Waals surface area contributed by atoms with Crippen molar-refractivity contribution in [2.75, 3.05) is 13.2 Å². The van der Waals surface area contributed by atoms with Gasteiger partial charge in [0.05, 0.1) is 6.61 Å². The van der Waals surface area contributed by atoms with E-state index >= 15 is 0 Å². The molecule has 1 atom stereocenters. The zero-order valence-corrected chi connectivity index (χ0v) is 10.1. The normalized spacial score (nSPS) is 22.9. The van der Waals surface area contributed by atoms with E-state index in [1.54, 1.807) is 0 Å². The first-order valence-electron chi connectivity index (χ1n) is 6.14. The summed E-state index contributed by atoms with van der Waals surface area (Å²) < 4.78 is 5.37. The molecule has 2 aliphatic carbocycles. The largest absolute Gasteiger partial charge is 0.480 e. The Morgan fingerprint density at radius 1 is 1.35 bits per heavy atom. The van der Waals surface area contributed by atoms with Crippen LogP contribution in [-0.4, -0.2) is 36.2 Å². The fourth-order valence-corrected chi connectivity index (χ4v) is 1.51. The molecule has 2 fully saturated rings. The Morgan fingerprint density at radius 3 is 2.47 bits per heavy atom. The minimum Gasteiger partial charge on any atom is -0.480 e. The molecule has 0 aliphatic heterocycles. The number of carboxylic acid groups (broad SMARTS) is 1. The number of carboxylic acids is 1. The second-order valence-electron chi connectivity index (χ2n) is 5.34. The van der Waals surface area contributed by atoms with E-state index in [-0.39, 0.29) is 12.6 Å². The standard InChI is InChI=1S/C12H19NO4/c1-12(11(15)16,7-17-6-8-2-3-8)10(14)13-9-4-5-9/h8-9H,2-7H2,1H3,(H,13,14)(H,15,16). The van der Waals surface area contributed by atoms with Gasteiger partial charge in [-0.15, -0.1) is 0 Å². The van der Waals surface area contributed by atoms with Crippen LogP contribution in [-0.2, 0) is 14.3 Å². The van der Waals surface area contributed by atoms with Gasteiger partial charge in [-0.1, -0.05) is 0 Å². The fraction of sp³-hybridized carbons (Fsp3) is 0.833. The predicted molar refractivity (Wildman–Crippen MR) is 60.5 cm³/mol. The van der Waals surface area contributed by atoms with E-state index in [0.29, 0.717) is 12.5 Å². The van der Waals surface area contributed by atoms with Crippen molar-refractivity contribution in [2.24, 2.45) is 11.3 Å². The lowest BCUT2D eigenvalue weighted by Crippen LogP contribution is -2.48. The molecule has 2 rings (SSSR count). The molecule has 0 aromatic heterocycles. The third-order valence-corrected chi connectivity index (χ3v) is 3.33. The van der Waals surface area contributed by atoms with Crippen molar-refractivity contribution in [2.45, 2.75) is 38.6 Å². The Bertz CT molecular complexity index is 322. The molecule has 0 aromatic carbocycles. The first-order chi connectivity index (χ1) is 8.02. The first kappa shape index (κ1) is 12.4. The lowest BCUT2D eigenvalue weighted by atomic mass is 9.90. The Hall–Kier alpha value is -1.10. The second kappa shape index (κ2) is 4.64. The summed E-state index contributed by atoms with van der Waals surface area (Å²) in [4.78, 5) is 23.1. The van der Waals surface area contributed by atoms with Crippen LogP contribution in [0.25, 0.3) is 0 Å². The number of ether oxygens (including phenoxy) is 1. The van der Waals surface area contributed by atoms with Gasteiger partial charge in [-0.3, -0.25) is 9.59 Å². The number of hydrogen-bond acceptors (Lipinski definition) is 3. The van der Waals surface area contributed by atoms with E-state index in [1.807, 2.05) is 0 Å². The van der Waals surface area contributed by atoms with Gasteiger partial charge < -0.3 is 15.2 Å². The number of hydrogen-bond donors (Lipinski definition) is 2. The monoisotopic (exact) mass is 241 g/mol. The maximum atomic E-state index is 11.9. The highest BCUT2D eigenvalue weighted by Crippen LogP contribution is 2.30. The zero-order chi connectivity index (χ0) is 12.5. The average Bonchev–Trinajstić information content (AvgIpc) is 3.10. The number of amides is 1. The molecule has 2 saturated carbocycles. The van der Waals surface area contributed by atoms with Crippen LogP contribution in [0, 0.1) is 11.3 Å². The Kier molecular flexibility index (Phi) is 3.38. The number of carbonyl (C=O) groups excluding carboxylic acids is 1. The van der Waals surface area contributed by atoms with Crippen molar-refractivity contribution in [1.29, 1.82) is 0 Å². The molecule has 0 bridgehead atoms. The molecule has 1 amide bonds. The highest BCUT2D eigenvalue weighted by atomic mass is 16.5. The van der Waals surface area contributed by atoms with Gasteiger partial charge in [0.2, 0.25) is 5.91 Å². The molecular weight excluding hydrogens is 222 g/mol. The Labute approximate surface area is 101 Å². The summed E-state index contributed by atoms with van der Waals surface area (Å²) in [6, 6.07) is 0.171. The summed E-state index contributed by atoms with van der Waals surface area (Å²) in [5, 5.41) is 11.9. The molecule has 5 heteroatoms. The van der Waals surface area contributed by atoms with Gasteiger partial charge in [-0.05, 0) is 38.5 Å². The highest BCUT2D eigenvalue weighted by Gasteiger charge is 2.44. The van der Waals surface area contributed by atoms with E-state index in [1.165, 1.54) is 6.92 Å². The van der Waals surface area contributed by atoms with Crippen LogP contribution < -0.4 is 5.32 Å². The molecule has 17 heavy (non-hydrogen) atoms. The van der Waals surface area contributed by atoms with Crippen LogP contribution >= 0.6 is 0 Å². The summed E-state index contributed by atoms with van der Waals surface area (Å²) in [6.45, 7) is 1.96. The number of nitrogens with one attached hydrogen (secondary N) is 1. The molecular formula is C12H19NO4. The minimum absolute atomic E-state index is 0.0443. The maximum Gasteiger partial charge on any atom is 0.321 e. The van der Waals surface area contributed by atoms with Crippen LogP contribution in [0.2, 0.25) is 0 Å². The van der Waals surface area contributed by atoms with E-state index in [9.17, 15) is 14.7 Å². The first-order valence-corrected chi connectivity index (χ1v) is 6.14. The zero-order valence-electron chi connectivity index (χ0n) is 10.1. The third-order valence-electron chi connectivity index (χ3n) is 3.33. The van der Waals surface area contributed by atoms with Crippen LogP contribution in [0.15, 0.2) is 0 Å². The Morgan fingerprint density at radius 2 is 2.00 bits per heavy atom. The summed E-state index contributed by atoms with van der Waals surface area (Å²) >= 11 is 0. The van der Waals surface area contributed by atoms with Gasteiger partial charge in [0.1, 0.15) is 0 Å². The topological polar surface area (TPSA) is 75.6 Å². The fourth-order valence-electron chi connectivity index (χ4n) is 1.51. The second-order valence-corrected chi connectivity index (χ2v) is 5.34. The van der Waals surface area contributed by atoms with Gasteiger partial charge in [0, 0.05) is 12.6 Å². The van der Waals surface area contributed by atoms with E-state index in [0.717, 1.165) is 25.7 Å². The van der Waals surface area contributed by atoms with Gasteiger partial charge in [-0.2, -0.15) is 0 Å². The summed E-state index contributed by atoms with van der Waals surface area (Å²) in [5.74, 6) is -0.978. The van der Waals surface area contributed by atoms with E-state index < -0.39 is 17.3 Å². The van der Waals surface area contributed by atoms with Crippen molar-refractivity contribution in [3.63, 3.8) is 0 Å². The lowest BCUT2D eigenvalue weighted by Gasteiger charge is -2.23. The van der Waals surface area contributed by atoms with E-state index in [2.05, 4.69) is 5.32 Å². The summed E-state index contributed by atoms with van der Waals surface area (Å²) in [7, 11) is 0. The average molecular weight is 241 g/mol. The molecule has 2 aliphatic rings. The van der Waals surface area contributed by atoms with Gasteiger partial charge in [-0.25, -0.2) is 0 Å². The van der Waals surface area contributed by atoms with Gasteiger partial charge in [0.25, 0.3) is 0 Å². The number of carbonyl (C=O) groups is 2. The van der Waals surface area contributed by atoms with E-state index in [4.69, 9.17) is 4.74 Å². The minimum atomic E-state index is -1.46. The van der Waals surface area contributed by atoms with Crippen molar-refractivity contribution in [3.8, 4) is 0 Å². The van der Waals surface area contributed by atoms with Gasteiger partial charge in [0.15, 0.2) is 5.41 Å². The molecule has 96 valence electrons. The SMILES string of the molecule is CC(COCC1CC1)(C(=O)O)C(=O)NC1CC1. The molecule has 0 saturated heterocycles. The third kappa shape index (κ3) is 3.19. The number of aliphatic carboxylic acids is 1. The molecule has 0 heterocycles. The van der Waals surface area contributed by atoms with Crippen LogP contribution in [0.1, 0.15) is 32.6 Å². The molecule has 0 radical (unpaired) electrons. The lowest BCUT2D eigenvalue weighted by molar-refractivity contribution is -0.159. The van der Waals surface area contributed by atoms with Crippen LogP contribution in [0.4, 0.5) is 0 Å². The highest BCUT2D eigenvalue weighted by molar-refractivity contribution is 6.01. The van der Waals surface area contributed by atoms with Crippen molar-refractivity contribution >= 4 is 11.9 Å². The number of rotatable bonds is 7.